The van der Waals surface area contributed by atoms with Gasteiger partial charge in [-0.05, 0) is 12.1 Å². The van der Waals surface area contributed by atoms with E-state index < -0.39 is 0 Å². The monoisotopic (exact) mass is 200 g/mol. The summed E-state index contributed by atoms with van der Waals surface area (Å²) in [4.78, 5) is 11.6. The highest BCUT2D eigenvalue weighted by Crippen LogP contribution is 2.22. The molecule has 0 saturated heterocycles. The Bertz CT molecular complexity index is 575. The van der Waals surface area contributed by atoms with E-state index >= 15 is 0 Å². The highest BCUT2D eigenvalue weighted by atomic mass is 15.2. The van der Waals surface area contributed by atoms with Crippen molar-refractivity contribution in [3.05, 3.63) is 24.5 Å². The summed E-state index contributed by atoms with van der Waals surface area (Å²) >= 11 is 0. The van der Waals surface area contributed by atoms with Crippen LogP contribution in [0.1, 0.15) is 0 Å². The van der Waals surface area contributed by atoms with Crippen molar-refractivity contribution in [3.8, 4) is 11.4 Å². The molecule has 15 heavy (non-hydrogen) atoms. The van der Waals surface area contributed by atoms with E-state index in [4.69, 9.17) is 5.73 Å². The Morgan fingerprint density at radius 2 is 2.27 bits per heavy atom. The van der Waals surface area contributed by atoms with Gasteiger partial charge in [-0.25, -0.2) is 9.97 Å². The third kappa shape index (κ3) is 1.15. The Morgan fingerprint density at radius 1 is 1.33 bits per heavy atom. The SMILES string of the molecule is Nc1n[nH]cc1-c1nc2ncccc2[nH]1. The zero-order chi connectivity index (χ0) is 10.3. The molecule has 0 spiro atoms. The number of imidazole rings is 1. The predicted octanol–water partition coefficient (Wildman–Crippen LogP) is 0.930. The molecular weight excluding hydrogens is 192 g/mol. The zero-order valence-corrected chi connectivity index (χ0v) is 7.73. The van der Waals surface area contributed by atoms with Gasteiger partial charge in [0.25, 0.3) is 0 Å². The molecule has 0 bridgehead atoms. The van der Waals surface area contributed by atoms with E-state index in [0.29, 0.717) is 17.3 Å². The van der Waals surface area contributed by atoms with Crippen LogP contribution in [0.4, 0.5) is 5.82 Å². The standard InChI is InChI=1S/C9H8N6/c10-7-5(4-12-15-7)8-13-6-2-1-3-11-9(6)14-8/h1-4H,(H3,10,12,15)(H,11,13,14). The molecule has 3 rings (SSSR count). The number of aromatic nitrogens is 5. The smallest absolute Gasteiger partial charge is 0.178 e. The molecule has 3 heterocycles. The lowest BCUT2D eigenvalue weighted by molar-refractivity contribution is 1.10. The first-order chi connectivity index (χ1) is 7.34. The van der Waals surface area contributed by atoms with Crippen LogP contribution in [0.3, 0.4) is 0 Å². The van der Waals surface area contributed by atoms with E-state index in [9.17, 15) is 0 Å². The maximum Gasteiger partial charge on any atom is 0.178 e. The van der Waals surface area contributed by atoms with Crippen LogP contribution < -0.4 is 5.73 Å². The Labute approximate surface area is 84.6 Å². The van der Waals surface area contributed by atoms with Gasteiger partial charge in [0.15, 0.2) is 11.5 Å². The van der Waals surface area contributed by atoms with Crippen molar-refractivity contribution < 1.29 is 0 Å². The fourth-order valence-corrected chi connectivity index (χ4v) is 1.46. The molecule has 3 aromatic heterocycles. The van der Waals surface area contributed by atoms with Crippen molar-refractivity contribution in [3.63, 3.8) is 0 Å². The lowest BCUT2D eigenvalue weighted by Gasteiger charge is -1.89. The number of hydrogen-bond donors (Lipinski definition) is 3. The number of rotatable bonds is 1. The highest BCUT2D eigenvalue weighted by molar-refractivity contribution is 5.78. The van der Waals surface area contributed by atoms with E-state index in [1.165, 1.54) is 0 Å². The molecule has 0 atom stereocenters. The summed E-state index contributed by atoms with van der Waals surface area (Å²) in [5.41, 5.74) is 7.99. The van der Waals surface area contributed by atoms with Crippen LogP contribution in [-0.4, -0.2) is 25.1 Å². The van der Waals surface area contributed by atoms with Crippen molar-refractivity contribution >= 4 is 17.0 Å². The number of nitrogens with one attached hydrogen (secondary N) is 2. The topological polar surface area (TPSA) is 96.3 Å². The summed E-state index contributed by atoms with van der Waals surface area (Å²) < 4.78 is 0. The maximum atomic E-state index is 5.67. The zero-order valence-electron chi connectivity index (χ0n) is 7.73. The van der Waals surface area contributed by atoms with E-state index in [1.54, 1.807) is 12.4 Å². The normalized spacial score (nSPS) is 10.9. The third-order valence-corrected chi connectivity index (χ3v) is 2.18. The minimum absolute atomic E-state index is 0.425. The summed E-state index contributed by atoms with van der Waals surface area (Å²) in [6.45, 7) is 0. The molecule has 0 aliphatic carbocycles. The van der Waals surface area contributed by atoms with Gasteiger partial charge in [-0.2, -0.15) is 5.10 Å². The molecule has 6 heteroatoms. The number of pyridine rings is 1. The molecule has 4 N–H and O–H groups in total. The highest BCUT2D eigenvalue weighted by Gasteiger charge is 2.09. The third-order valence-electron chi connectivity index (χ3n) is 2.18. The van der Waals surface area contributed by atoms with E-state index in [-0.39, 0.29) is 0 Å². The lowest BCUT2D eigenvalue weighted by Crippen LogP contribution is -1.88. The number of hydrogen-bond acceptors (Lipinski definition) is 4. The van der Waals surface area contributed by atoms with Crippen molar-refractivity contribution in [2.75, 3.05) is 5.73 Å². The summed E-state index contributed by atoms with van der Waals surface area (Å²) in [6.07, 6.45) is 3.40. The van der Waals surface area contributed by atoms with Crippen LogP contribution in [-0.2, 0) is 0 Å². The van der Waals surface area contributed by atoms with Crippen molar-refractivity contribution in [1.82, 2.24) is 25.1 Å². The van der Waals surface area contributed by atoms with Gasteiger partial charge in [-0.1, -0.05) is 0 Å². The van der Waals surface area contributed by atoms with Crippen LogP contribution in [0.5, 0.6) is 0 Å². The number of fused-ring (bicyclic) bond motifs is 1. The van der Waals surface area contributed by atoms with E-state index in [0.717, 1.165) is 11.1 Å². The van der Waals surface area contributed by atoms with Gasteiger partial charge < -0.3 is 10.7 Å². The van der Waals surface area contributed by atoms with Gasteiger partial charge in [0.1, 0.15) is 5.82 Å². The second kappa shape index (κ2) is 2.81. The summed E-state index contributed by atoms with van der Waals surface area (Å²) in [5, 5.41) is 6.52. The van der Waals surface area contributed by atoms with Crippen LogP contribution in [0.15, 0.2) is 24.5 Å². The summed E-state index contributed by atoms with van der Waals surface area (Å²) in [5.74, 6) is 1.10. The minimum Gasteiger partial charge on any atom is -0.382 e. The first kappa shape index (κ1) is 7.98. The molecule has 0 saturated carbocycles. The average Bonchev–Trinajstić information content (AvgIpc) is 2.82. The van der Waals surface area contributed by atoms with Gasteiger partial charge in [0.2, 0.25) is 0 Å². The van der Waals surface area contributed by atoms with Crippen molar-refractivity contribution in [2.24, 2.45) is 0 Å². The Balaban J connectivity index is 2.24. The number of nitrogen functional groups attached to an aromatic ring is 1. The molecule has 0 aliphatic rings. The van der Waals surface area contributed by atoms with Gasteiger partial charge in [-0.3, -0.25) is 5.10 Å². The lowest BCUT2D eigenvalue weighted by atomic mass is 10.3. The fraction of sp³-hybridized carbons (Fsp3) is 0. The number of aromatic amines is 2. The first-order valence-electron chi connectivity index (χ1n) is 4.45. The number of nitrogens with two attached hydrogens (primary N) is 1. The number of H-pyrrole nitrogens is 2. The number of nitrogens with zero attached hydrogens (tertiary/aromatic N) is 3. The van der Waals surface area contributed by atoms with E-state index in [1.807, 2.05) is 12.1 Å². The molecule has 0 aromatic carbocycles. The summed E-state index contributed by atoms with van der Waals surface area (Å²) in [6, 6.07) is 3.76. The van der Waals surface area contributed by atoms with E-state index in [2.05, 4.69) is 25.1 Å². The van der Waals surface area contributed by atoms with Crippen LogP contribution in [0.2, 0.25) is 0 Å². The molecule has 6 nitrogen and oxygen atoms in total. The summed E-state index contributed by atoms with van der Waals surface area (Å²) in [7, 11) is 0. The van der Waals surface area contributed by atoms with Crippen molar-refractivity contribution in [2.45, 2.75) is 0 Å². The second-order valence-electron chi connectivity index (χ2n) is 3.14. The molecular formula is C9H8N6. The first-order valence-corrected chi connectivity index (χ1v) is 4.45. The molecule has 3 aromatic rings. The van der Waals surface area contributed by atoms with Gasteiger partial charge in [-0.15, -0.1) is 0 Å². The molecule has 0 fully saturated rings. The molecule has 0 radical (unpaired) electrons. The minimum atomic E-state index is 0.425. The fourth-order valence-electron chi connectivity index (χ4n) is 1.46. The predicted molar refractivity (Wildman–Crippen MR) is 55.9 cm³/mol. The molecule has 0 unspecified atom stereocenters. The largest absolute Gasteiger partial charge is 0.382 e. The second-order valence-corrected chi connectivity index (χ2v) is 3.14. The van der Waals surface area contributed by atoms with Crippen molar-refractivity contribution in [1.29, 1.82) is 0 Å². The van der Waals surface area contributed by atoms with Gasteiger partial charge >= 0.3 is 0 Å². The number of anilines is 1. The Morgan fingerprint density at radius 3 is 3.00 bits per heavy atom. The quantitative estimate of drug-likeness (QED) is 0.544. The molecule has 0 aliphatic heterocycles. The van der Waals surface area contributed by atoms with Crippen LogP contribution >= 0.6 is 0 Å². The Kier molecular flexibility index (Phi) is 1.49. The average molecular weight is 200 g/mol. The van der Waals surface area contributed by atoms with Crippen LogP contribution in [0, 0.1) is 0 Å². The molecule has 0 amide bonds. The molecule has 74 valence electrons. The van der Waals surface area contributed by atoms with Crippen LogP contribution in [0.25, 0.3) is 22.6 Å². The van der Waals surface area contributed by atoms with Gasteiger partial charge in [0.05, 0.1) is 11.1 Å². The van der Waals surface area contributed by atoms with Gasteiger partial charge in [0, 0.05) is 12.4 Å². The Hall–Kier alpha value is -2.37. The maximum absolute atomic E-state index is 5.67.